The summed E-state index contributed by atoms with van der Waals surface area (Å²) in [6.07, 6.45) is -1.66. The molecule has 0 unspecified atom stereocenters. The molecule has 8 heteroatoms. The predicted octanol–water partition coefficient (Wildman–Crippen LogP) is 4.96. The lowest BCUT2D eigenvalue weighted by atomic mass is 9.99. The number of anilines is 1. The highest BCUT2D eigenvalue weighted by Crippen LogP contribution is 2.34. The van der Waals surface area contributed by atoms with Gasteiger partial charge in [-0.3, -0.25) is 4.79 Å². The van der Waals surface area contributed by atoms with Crippen LogP contribution in [0.3, 0.4) is 0 Å². The largest absolute Gasteiger partial charge is 0.416 e. The van der Waals surface area contributed by atoms with E-state index in [1.807, 2.05) is 0 Å². The second kappa shape index (κ2) is 7.31. The number of nitrogens with zero attached hydrogens (tertiary/aromatic N) is 3. The fourth-order valence-electron chi connectivity index (χ4n) is 2.91. The van der Waals surface area contributed by atoms with Crippen molar-refractivity contribution in [3.8, 4) is 11.1 Å². The quantitative estimate of drug-likeness (QED) is 0.533. The average Bonchev–Trinajstić information content (AvgIpc) is 2.73. The molecule has 0 aliphatic heterocycles. The average molecular weight is 394 g/mol. The van der Waals surface area contributed by atoms with E-state index in [0.29, 0.717) is 27.8 Å². The highest BCUT2D eigenvalue weighted by atomic mass is 19.4. The Morgan fingerprint density at radius 3 is 2.55 bits per heavy atom. The van der Waals surface area contributed by atoms with Gasteiger partial charge >= 0.3 is 6.18 Å². The SMILES string of the molecule is O=C(Nc1ccncn1)c1ccc2cccc(-c3cccc(C(F)(F)F)c3)c2n1. The molecule has 1 amide bonds. The number of alkyl halides is 3. The molecule has 0 saturated heterocycles. The zero-order chi connectivity index (χ0) is 20.4. The van der Waals surface area contributed by atoms with Crippen LogP contribution in [0.4, 0.5) is 19.0 Å². The van der Waals surface area contributed by atoms with Gasteiger partial charge in [0.1, 0.15) is 17.8 Å². The van der Waals surface area contributed by atoms with E-state index in [0.717, 1.165) is 12.1 Å². The molecule has 0 radical (unpaired) electrons. The minimum absolute atomic E-state index is 0.121. The van der Waals surface area contributed by atoms with Gasteiger partial charge in [-0.25, -0.2) is 15.0 Å². The maximum Gasteiger partial charge on any atom is 0.416 e. The minimum Gasteiger partial charge on any atom is -0.305 e. The minimum atomic E-state index is -4.45. The summed E-state index contributed by atoms with van der Waals surface area (Å²) in [7, 11) is 0. The maximum atomic E-state index is 13.1. The van der Waals surface area contributed by atoms with Crippen LogP contribution in [0, 0.1) is 0 Å². The van der Waals surface area contributed by atoms with Crippen LogP contribution in [0.1, 0.15) is 16.1 Å². The molecule has 0 atom stereocenters. The van der Waals surface area contributed by atoms with Gasteiger partial charge in [0.2, 0.25) is 0 Å². The number of nitrogens with one attached hydrogen (secondary N) is 1. The number of amides is 1. The lowest BCUT2D eigenvalue weighted by molar-refractivity contribution is -0.137. The Bertz CT molecular complexity index is 1190. The van der Waals surface area contributed by atoms with Crippen LogP contribution in [-0.2, 0) is 6.18 Å². The molecule has 2 aromatic heterocycles. The summed E-state index contributed by atoms with van der Waals surface area (Å²) in [5.74, 6) is -0.164. The normalized spacial score (nSPS) is 11.4. The molecule has 0 saturated carbocycles. The molecule has 0 aliphatic carbocycles. The van der Waals surface area contributed by atoms with E-state index in [9.17, 15) is 18.0 Å². The van der Waals surface area contributed by atoms with Gasteiger partial charge in [-0.15, -0.1) is 0 Å². The standard InChI is InChI=1S/C21H13F3N4O/c22-21(23,24)15-5-1-4-14(11-15)16-6-2-3-13-7-8-17(27-19(13)16)20(29)28-18-9-10-25-12-26-18/h1-12H,(H,25,26,28,29). The Balaban J connectivity index is 1.76. The van der Waals surface area contributed by atoms with E-state index in [1.165, 1.54) is 24.7 Å². The molecule has 4 aromatic rings. The number of halogens is 3. The first kappa shape index (κ1) is 18.5. The number of rotatable bonds is 3. The van der Waals surface area contributed by atoms with E-state index in [4.69, 9.17) is 0 Å². The first-order valence-electron chi connectivity index (χ1n) is 8.56. The molecule has 0 fully saturated rings. The number of fused-ring (bicyclic) bond motifs is 1. The smallest absolute Gasteiger partial charge is 0.305 e. The third kappa shape index (κ3) is 3.91. The van der Waals surface area contributed by atoms with Crippen molar-refractivity contribution in [1.29, 1.82) is 0 Å². The highest BCUT2D eigenvalue weighted by molar-refractivity contribution is 6.04. The number of hydrogen-bond donors (Lipinski definition) is 1. The highest BCUT2D eigenvalue weighted by Gasteiger charge is 2.30. The number of carbonyl (C=O) groups excluding carboxylic acids is 1. The van der Waals surface area contributed by atoms with E-state index >= 15 is 0 Å². The summed E-state index contributed by atoms with van der Waals surface area (Å²) in [5.41, 5.74) is 0.680. The molecule has 2 heterocycles. The van der Waals surface area contributed by atoms with Gasteiger partial charge < -0.3 is 5.32 Å². The van der Waals surface area contributed by atoms with E-state index in [1.54, 1.807) is 36.4 Å². The fraction of sp³-hybridized carbons (Fsp3) is 0.0476. The molecular formula is C21H13F3N4O. The van der Waals surface area contributed by atoms with E-state index in [-0.39, 0.29) is 5.69 Å². The van der Waals surface area contributed by atoms with Gasteiger partial charge in [-0.1, -0.05) is 36.4 Å². The molecular weight excluding hydrogens is 381 g/mol. The van der Waals surface area contributed by atoms with Crippen molar-refractivity contribution < 1.29 is 18.0 Å². The number of aromatic nitrogens is 3. The molecule has 4 rings (SSSR count). The molecule has 144 valence electrons. The van der Waals surface area contributed by atoms with Crippen molar-refractivity contribution in [2.75, 3.05) is 5.32 Å². The van der Waals surface area contributed by atoms with Crippen LogP contribution in [0.15, 0.2) is 73.2 Å². The van der Waals surface area contributed by atoms with Gasteiger partial charge in [0.05, 0.1) is 11.1 Å². The summed E-state index contributed by atoms with van der Waals surface area (Å²) in [6.45, 7) is 0. The van der Waals surface area contributed by atoms with Crippen LogP contribution in [-0.4, -0.2) is 20.9 Å². The molecule has 1 N–H and O–H groups in total. The second-order valence-electron chi connectivity index (χ2n) is 6.20. The number of hydrogen-bond acceptors (Lipinski definition) is 4. The molecule has 5 nitrogen and oxygen atoms in total. The van der Waals surface area contributed by atoms with Crippen LogP contribution < -0.4 is 5.32 Å². The Hall–Kier alpha value is -3.81. The van der Waals surface area contributed by atoms with Crippen molar-refractivity contribution in [2.24, 2.45) is 0 Å². The van der Waals surface area contributed by atoms with E-state index < -0.39 is 17.6 Å². The lowest BCUT2D eigenvalue weighted by Gasteiger charge is -2.11. The van der Waals surface area contributed by atoms with Crippen LogP contribution in [0.5, 0.6) is 0 Å². The Kier molecular flexibility index (Phi) is 4.67. The van der Waals surface area contributed by atoms with Gasteiger partial charge in [0.25, 0.3) is 5.91 Å². The van der Waals surface area contributed by atoms with Crippen molar-refractivity contribution in [3.05, 3.63) is 84.4 Å². The number of carbonyl (C=O) groups is 1. The molecule has 29 heavy (non-hydrogen) atoms. The maximum absolute atomic E-state index is 13.1. The molecule has 0 bridgehead atoms. The number of para-hydroxylation sites is 1. The zero-order valence-corrected chi connectivity index (χ0v) is 14.8. The summed E-state index contributed by atoms with van der Waals surface area (Å²) in [4.78, 5) is 24.6. The number of pyridine rings is 1. The van der Waals surface area contributed by atoms with Gasteiger partial charge in [0.15, 0.2) is 0 Å². The van der Waals surface area contributed by atoms with Crippen LogP contribution >= 0.6 is 0 Å². The van der Waals surface area contributed by atoms with Crippen molar-refractivity contribution in [2.45, 2.75) is 6.18 Å². The first-order chi connectivity index (χ1) is 13.9. The lowest BCUT2D eigenvalue weighted by Crippen LogP contribution is -2.14. The van der Waals surface area contributed by atoms with Gasteiger partial charge in [0, 0.05) is 17.1 Å². The van der Waals surface area contributed by atoms with Crippen LogP contribution in [0.25, 0.3) is 22.0 Å². The van der Waals surface area contributed by atoms with Crippen LogP contribution in [0.2, 0.25) is 0 Å². The monoisotopic (exact) mass is 394 g/mol. The second-order valence-corrected chi connectivity index (χ2v) is 6.20. The number of benzene rings is 2. The predicted molar refractivity (Wildman–Crippen MR) is 102 cm³/mol. The first-order valence-corrected chi connectivity index (χ1v) is 8.56. The summed E-state index contributed by atoms with van der Waals surface area (Å²) in [6, 6.07) is 15.0. The molecule has 0 aliphatic rings. The van der Waals surface area contributed by atoms with Crippen molar-refractivity contribution in [1.82, 2.24) is 15.0 Å². The zero-order valence-electron chi connectivity index (χ0n) is 14.8. The van der Waals surface area contributed by atoms with Gasteiger partial charge in [-0.2, -0.15) is 13.2 Å². The van der Waals surface area contributed by atoms with E-state index in [2.05, 4.69) is 20.3 Å². The third-order valence-corrected chi connectivity index (χ3v) is 4.28. The van der Waals surface area contributed by atoms with Crippen molar-refractivity contribution in [3.63, 3.8) is 0 Å². The molecule has 2 aromatic carbocycles. The molecule has 0 spiro atoms. The Morgan fingerprint density at radius 1 is 0.966 bits per heavy atom. The van der Waals surface area contributed by atoms with Crippen molar-refractivity contribution >= 4 is 22.6 Å². The topological polar surface area (TPSA) is 67.8 Å². The Morgan fingerprint density at radius 2 is 1.79 bits per heavy atom. The van der Waals surface area contributed by atoms with Gasteiger partial charge in [-0.05, 0) is 29.8 Å². The summed E-state index contributed by atoms with van der Waals surface area (Å²) >= 11 is 0. The summed E-state index contributed by atoms with van der Waals surface area (Å²) < 4.78 is 39.3. The third-order valence-electron chi connectivity index (χ3n) is 4.28. The Labute approximate surface area is 163 Å². The fourth-order valence-corrected chi connectivity index (χ4v) is 2.91. The summed E-state index contributed by atoms with van der Waals surface area (Å²) in [5, 5.41) is 3.32.